The van der Waals surface area contributed by atoms with Crippen LogP contribution in [0, 0.1) is 6.92 Å². The highest BCUT2D eigenvalue weighted by atomic mass is 79.9. The molecule has 30 heavy (non-hydrogen) atoms. The second-order valence-corrected chi connectivity index (χ2v) is 7.35. The van der Waals surface area contributed by atoms with Crippen molar-refractivity contribution in [3.63, 3.8) is 0 Å². The van der Waals surface area contributed by atoms with Crippen LogP contribution in [0.2, 0.25) is 5.02 Å². The SMILES string of the molecule is CNC(=O)c1cc(C(=O)O)cc(C)c1NC(=O)c1cc(Br)nn1-c1ncccc1Cl. The number of nitrogens with zero attached hydrogens (tertiary/aromatic N) is 3. The lowest BCUT2D eigenvalue weighted by Crippen LogP contribution is -2.24. The summed E-state index contributed by atoms with van der Waals surface area (Å²) in [6.45, 7) is 1.59. The van der Waals surface area contributed by atoms with Crippen LogP contribution in [0.1, 0.15) is 36.8 Å². The standard InChI is InChI=1S/C19H15BrClN5O4/c1-9-6-10(19(29)30)7-11(17(27)22-2)15(9)24-18(28)13-8-14(20)25-26(13)16-12(21)4-3-5-23-16/h3-8H,1-2H3,(H,22,27)(H,24,28)(H,29,30). The number of pyridine rings is 1. The topological polar surface area (TPSA) is 126 Å². The number of aromatic carboxylic acids is 1. The maximum Gasteiger partial charge on any atom is 0.335 e. The Morgan fingerprint density at radius 3 is 2.57 bits per heavy atom. The van der Waals surface area contributed by atoms with E-state index in [1.807, 2.05) is 0 Å². The van der Waals surface area contributed by atoms with Crippen LogP contribution in [0.3, 0.4) is 0 Å². The number of benzene rings is 1. The summed E-state index contributed by atoms with van der Waals surface area (Å²) in [6, 6.07) is 7.30. The zero-order chi connectivity index (χ0) is 22.0. The van der Waals surface area contributed by atoms with Gasteiger partial charge in [-0.15, -0.1) is 0 Å². The number of amides is 2. The lowest BCUT2D eigenvalue weighted by Gasteiger charge is -2.15. The van der Waals surface area contributed by atoms with Gasteiger partial charge in [-0.1, -0.05) is 11.6 Å². The average molecular weight is 493 g/mol. The zero-order valence-electron chi connectivity index (χ0n) is 15.7. The van der Waals surface area contributed by atoms with Gasteiger partial charge in [-0.05, 0) is 52.7 Å². The molecule has 0 saturated carbocycles. The molecule has 0 aliphatic heterocycles. The molecule has 154 valence electrons. The predicted octanol–water partition coefficient (Wildman–Crippen LogP) is 3.30. The second-order valence-electron chi connectivity index (χ2n) is 6.13. The highest BCUT2D eigenvalue weighted by Crippen LogP contribution is 2.26. The van der Waals surface area contributed by atoms with Crippen molar-refractivity contribution in [2.75, 3.05) is 12.4 Å². The van der Waals surface area contributed by atoms with E-state index in [1.165, 1.54) is 36.1 Å². The number of carbonyl (C=O) groups excluding carboxylic acids is 2. The first-order valence-electron chi connectivity index (χ1n) is 8.50. The molecule has 3 rings (SSSR count). The molecular formula is C19H15BrClN5O4. The molecule has 0 aliphatic rings. The molecule has 0 spiro atoms. The van der Waals surface area contributed by atoms with E-state index in [1.54, 1.807) is 19.1 Å². The number of carboxylic acids is 1. The molecule has 0 atom stereocenters. The van der Waals surface area contributed by atoms with E-state index in [-0.39, 0.29) is 33.3 Å². The largest absolute Gasteiger partial charge is 0.478 e. The zero-order valence-corrected chi connectivity index (χ0v) is 18.1. The van der Waals surface area contributed by atoms with Crippen LogP contribution in [-0.2, 0) is 0 Å². The van der Waals surface area contributed by atoms with Crippen LogP contribution in [0.4, 0.5) is 5.69 Å². The van der Waals surface area contributed by atoms with Gasteiger partial charge in [-0.3, -0.25) is 9.59 Å². The number of aromatic nitrogens is 3. The van der Waals surface area contributed by atoms with Crippen LogP contribution >= 0.6 is 27.5 Å². The van der Waals surface area contributed by atoms with Crippen LogP contribution in [0.5, 0.6) is 0 Å². The van der Waals surface area contributed by atoms with Gasteiger partial charge < -0.3 is 15.7 Å². The van der Waals surface area contributed by atoms with Gasteiger partial charge >= 0.3 is 5.97 Å². The van der Waals surface area contributed by atoms with Crippen molar-refractivity contribution in [2.24, 2.45) is 0 Å². The first-order chi connectivity index (χ1) is 14.2. The Morgan fingerprint density at radius 2 is 1.93 bits per heavy atom. The Labute approximate surface area is 184 Å². The van der Waals surface area contributed by atoms with E-state index >= 15 is 0 Å². The van der Waals surface area contributed by atoms with E-state index in [9.17, 15) is 19.5 Å². The number of carbonyl (C=O) groups is 3. The van der Waals surface area contributed by atoms with Crippen molar-refractivity contribution in [3.8, 4) is 5.82 Å². The van der Waals surface area contributed by atoms with Gasteiger partial charge in [0.2, 0.25) is 0 Å². The van der Waals surface area contributed by atoms with Crippen LogP contribution < -0.4 is 10.6 Å². The number of anilines is 1. The Hall–Kier alpha value is -3.24. The van der Waals surface area contributed by atoms with E-state index in [4.69, 9.17) is 11.6 Å². The monoisotopic (exact) mass is 491 g/mol. The molecular weight excluding hydrogens is 478 g/mol. The number of hydrogen-bond acceptors (Lipinski definition) is 5. The maximum atomic E-state index is 13.1. The third-order valence-electron chi connectivity index (χ3n) is 4.14. The molecule has 0 aliphatic carbocycles. The fraction of sp³-hybridized carbons (Fsp3) is 0.105. The molecule has 0 saturated heterocycles. The third kappa shape index (κ3) is 4.19. The summed E-state index contributed by atoms with van der Waals surface area (Å²) < 4.78 is 1.64. The van der Waals surface area contributed by atoms with Gasteiger partial charge in [0.05, 0.1) is 21.8 Å². The van der Waals surface area contributed by atoms with E-state index < -0.39 is 17.8 Å². The first kappa shape index (κ1) is 21.5. The van der Waals surface area contributed by atoms with Crippen LogP contribution in [-0.4, -0.2) is 44.7 Å². The molecule has 3 N–H and O–H groups in total. The minimum Gasteiger partial charge on any atom is -0.478 e. The average Bonchev–Trinajstić information content (AvgIpc) is 3.10. The summed E-state index contributed by atoms with van der Waals surface area (Å²) in [7, 11) is 1.41. The van der Waals surface area contributed by atoms with Gasteiger partial charge in [0.25, 0.3) is 11.8 Å². The summed E-state index contributed by atoms with van der Waals surface area (Å²) in [6.07, 6.45) is 1.51. The lowest BCUT2D eigenvalue weighted by molar-refractivity contribution is 0.0696. The molecule has 3 aromatic rings. The predicted molar refractivity (Wildman–Crippen MR) is 114 cm³/mol. The summed E-state index contributed by atoms with van der Waals surface area (Å²) in [5, 5.41) is 18.9. The van der Waals surface area contributed by atoms with Gasteiger partial charge in [0.15, 0.2) is 5.82 Å². The Bertz CT molecular complexity index is 1180. The second kappa shape index (κ2) is 8.64. The number of halogens is 2. The summed E-state index contributed by atoms with van der Waals surface area (Å²) >= 11 is 9.42. The Balaban J connectivity index is 2.07. The van der Waals surface area contributed by atoms with E-state index in [0.717, 1.165) is 0 Å². The number of nitrogens with one attached hydrogen (secondary N) is 2. The number of hydrogen-bond donors (Lipinski definition) is 3. The van der Waals surface area contributed by atoms with Crippen molar-refractivity contribution in [1.29, 1.82) is 0 Å². The smallest absolute Gasteiger partial charge is 0.335 e. The number of aryl methyl sites for hydroxylation is 1. The van der Waals surface area contributed by atoms with Gasteiger partial charge in [0.1, 0.15) is 10.3 Å². The fourth-order valence-electron chi connectivity index (χ4n) is 2.78. The quantitative estimate of drug-likeness (QED) is 0.502. The Kier molecular flexibility index (Phi) is 6.18. The van der Waals surface area contributed by atoms with Crippen LogP contribution in [0.25, 0.3) is 5.82 Å². The molecule has 0 unspecified atom stereocenters. The first-order valence-corrected chi connectivity index (χ1v) is 9.67. The van der Waals surface area contributed by atoms with Crippen molar-refractivity contribution in [1.82, 2.24) is 20.1 Å². The molecule has 9 nitrogen and oxygen atoms in total. The van der Waals surface area contributed by atoms with Crippen molar-refractivity contribution in [2.45, 2.75) is 6.92 Å². The molecule has 1 aromatic carbocycles. The molecule has 2 aromatic heterocycles. The highest BCUT2D eigenvalue weighted by molar-refractivity contribution is 9.10. The fourth-order valence-corrected chi connectivity index (χ4v) is 3.35. The number of rotatable bonds is 5. The van der Waals surface area contributed by atoms with E-state index in [0.29, 0.717) is 10.2 Å². The van der Waals surface area contributed by atoms with Crippen molar-refractivity contribution in [3.05, 3.63) is 68.5 Å². The normalized spacial score (nSPS) is 10.5. The van der Waals surface area contributed by atoms with Crippen molar-refractivity contribution < 1.29 is 19.5 Å². The molecule has 11 heteroatoms. The molecule has 2 amide bonds. The highest BCUT2D eigenvalue weighted by Gasteiger charge is 2.23. The number of carboxylic acid groups (broad SMARTS) is 1. The van der Waals surface area contributed by atoms with Crippen LogP contribution in [0.15, 0.2) is 41.1 Å². The summed E-state index contributed by atoms with van der Waals surface area (Å²) in [5.41, 5.74) is 0.636. The third-order valence-corrected chi connectivity index (χ3v) is 4.83. The maximum absolute atomic E-state index is 13.1. The summed E-state index contributed by atoms with van der Waals surface area (Å²) in [5.74, 6) is -2.07. The molecule has 2 heterocycles. The lowest BCUT2D eigenvalue weighted by atomic mass is 10.0. The van der Waals surface area contributed by atoms with Gasteiger partial charge in [0, 0.05) is 19.3 Å². The summed E-state index contributed by atoms with van der Waals surface area (Å²) in [4.78, 5) is 40.9. The van der Waals surface area contributed by atoms with Crippen molar-refractivity contribution >= 4 is 51.0 Å². The molecule has 0 radical (unpaired) electrons. The minimum atomic E-state index is -1.19. The van der Waals surface area contributed by atoms with Gasteiger partial charge in [-0.2, -0.15) is 5.10 Å². The van der Waals surface area contributed by atoms with E-state index in [2.05, 4.69) is 36.6 Å². The molecule has 0 fully saturated rings. The Morgan fingerprint density at radius 1 is 1.20 bits per heavy atom. The van der Waals surface area contributed by atoms with Gasteiger partial charge in [-0.25, -0.2) is 14.5 Å². The minimum absolute atomic E-state index is 0.0178. The molecule has 0 bridgehead atoms.